The van der Waals surface area contributed by atoms with Crippen LogP contribution in [0.1, 0.15) is 44.7 Å². The minimum atomic E-state index is 0.976. The van der Waals surface area contributed by atoms with Crippen LogP contribution in [0.3, 0.4) is 0 Å². The molecular formula is C12H23N3S. The first-order chi connectivity index (χ1) is 7.86. The van der Waals surface area contributed by atoms with Crippen molar-refractivity contribution in [2.75, 3.05) is 12.0 Å². The van der Waals surface area contributed by atoms with Crippen LogP contribution >= 0.6 is 11.8 Å². The van der Waals surface area contributed by atoms with E-state index in [4.69, 9.17) is 0 Å². The van der Waals surface area contributed by atoms with Crippen LogP contribution in [0, 0.1) is 0 Å². The Kier molecular flexibility index (Phi) is 7.30. The number of hydrogen-bond donors (Lipinski definition) is 0. The average molecular weight is 241 g/mol. The minimum absolute atomic E-state index is 0.976. The van der Waals surface area contributed by atoms with Crippen molar-refractivity contribution in [3.05, 3.63) is 11.9 Å². The van der Waals surface area contributed by atoms with Crippen LogP contribution in [0.2, 0.25) is 0 Å². The monoisotopic (exact) mass is 241 g/mol. The number of aromatic nitrogens is 3. The maximum Gasteiger partial charge on any atom is 0.0827 e. The fourth-order valence-electron chi connectivity index (χ4n) is 1.66. The average Bonchev–Trinajstić information content (AvgIpc) is 2.74. The summed E-state index contributed by atoms with van der Waals surface area (Å²) in [5.74, 6) is 1.11. The number of rotatable bonds is 9. The third kappa shape index (κ3) is 5.54. The molecule has 4 heteroatoms. The SMILES string of the molecule is CCCCCCCc1cn(CCSC)nn1. The molecule has 0 radical (unpaired) electrons. The van der Waals surface area contributed by atoms with Crippen molar-refractivity contribution >= 4 is 11.8 Å². The van der Waals surface area contributed by atoms with E-state index in [1.165, 1.54) is 32.1 Å². The zero-order valence-electron chi connectivity index (χ0n) is 10.5. The normalized spacial score (nSPS) is 10.9. The molecule has 0 aliphatic rings. The van der Waals surface area contributed by atoms with Gasteiger partial charge < -0.3 is 0 Å². The molecule has 0 atom stereocenters. The van der Waals surface area contributed by atoms with Gasteiger partial charge in [0.2, 0.25) is 0 Å². The van der Waals surface area contributed by atoms with Crippen molar-refractivity contribution in [3.8, 4) is 0 Å². The van der Waals surface area contributed by atoms with Crippen molar-refractivity contribution in [1.82, 2.24) is 15.0 Å². The predicted octanol–water partition coefficient (Wildman–Crippen LogP) is 3.15. The molecule has 0 saturated carbocycles. The molecule has 0 fully saturated rings. The van der Waals surface area contributed by atoms with Gasteiger partial charge in [-0.05, 0) is 19.1 Å². The molecule has 1 aromatic heterocycles. The Hall–Kier alpha value is -0.510. The molecule has 0 aromatic carbocycles. The molecule has 0 aliphatic carbocycles. The second-order valence-electron chi connectivity index (χ2n) is 4.13. The Bertz CT molecular complexity index is 273. The first-order valence-electron chi connectivity index (χ1n) is 6.24. The molecule has 1 rings (SSSR count). The summed E-state index contributed by atoms with van der Waals surface area (Å²) >= 11 is 1.84. The first-order valence-corrected chi connectivity index (χ1v) is 7.64. The molecule has 1 aromatic rings. The molecule has 16 heavy (non-hydrogen) atoms. The summed E-state index contributed by atoms with van der Waals surface area (Å²) in [7, 11) is 0. The minimum Gasteiger partial charge on any atom is -0.251 e. The van der Waals surface area contributed by atoms with E-state index in [0.717, 1.165) is 24.4 Å². The van der Waals surface area contributed by atoms with Gasteiger partial charge in [0.25, 0.3) is 0 Å². The van der Waals surface area contributed by atoms with E-state index >= 15 is 0 Å². The Morgan fingerprint density at radius 1 is 1.25 bits per heavy atom. The molecule has 92 valence electrons. The number of unbranched alkanes of at least 4 members (excludes halogenated alkanes) is 4. The fourth-order valence-corrected chi connectivity index (χ4v) is 2.03. The van der Waals surface area contributed by atoms with Crippen LogP contribution in [0.25, 0.3) is 0 Å². The summed E-state index contributed by atoms with van der Waals surface area (Å²) in [6.07, 6.45) is 11.9. The summed E-state index contributed by atoms with van der Waals surface area (Å²) in [5.41, 5.74) is 1.15. The van der Waals surface area contributed by atoms with Gasteiger partial charge in [0.15, 0.2) is 0 Å². The summed E-state index contributed by atoms with van der Waals surface area (Å²) in [6, 6.07) is 0. The largest absolute Gasteiger partial charge is 0.251 e. The van der Waals surface area contributed by atoms with Crippen LogP contribution in [0.15, 0.2) is 6.20 Å². The summed E-state index contributed by atoms with van der Waals surface area (Å²) in [4.78, 5) is 0. The van der Waals surface area contributed by atoms with Gasteiger partial charge in [-0.1, -0.05) is 37.8 Å². The summed E-state index contributed by atoms with van der Waals surface area (Å²) in [5, 5.41) is 8.31. The van der Waals surface area contributed by atoms with Gasteiger partial charge in [-0.2, -0.15) is 11.8 Å². The second kappa shape index (κ2) is 8.62. The summed E-state index contributed by atoms with van der Waals surface area (Å²) in [6.45, 7) is 3.22. The number of hydrogen-bond acceptors (Lipinski definition) is 3. The third-order valence-electron chi connectivity index (χ3n) is 2.65. The van der Waals surface area contributed by atoms with Crippen molar-refractivity contribution in [2.45, 2.75) is 52.0 Å². The highest BCUT2D eigenvalue weighted by atomic mass is 32.2. The quantitative estimate of drug-likeness (QED) is 0.622. The lowest BCUT2D eigenvalue weighted by molar-refractivity contribution is 0.624. The highest BCUT2D eigenvalue weighted by Gasteiger charge is 2.00. The zero-order valence-corrected chi connectivity index (χ0v) is 11.3. The van der Waals surface area contributed by atoms with Crippen molar-refractivity contribution < 1.29 is 0 Å². The smallest absolute Gasteiger partial charge is 0.0827 e. The molecule has 0 bridgehead atoms. The molecule has 0 N–H and O–H groups in total. The lowest BCUT2D eigenvalue weighted by atomic mass is 10.1. The van der Waals surface area contributed by atoms with Gasteiger partial charge in [-0.3, -0.25) is 4.68 Å². The molecule has 3 nitrogen and oxygen atoms in total. The lowest BCUT2D eigenvalue weighted by Gasteiger charge is -1.97. The van der Waals surface area contributed by atoms with Gasteiger partial charge in [-0.15, -0.1) is 5.10 Å². The van der Waals surface area contributed by atoms with Crippen LogP contribution in [-0.4, -0.2) is 27.0 Å². The van der Waals surface area contributed by atoms with Gasteiger partial charge >= 0.3 is 0 Å². The number of aryl methyl sites for hydroxylation is 2. The molecule has 1 heterocycles. The van der Waals surface area contributed by atoms with E-state index in [2.05, 4.69) is 29.7 Å². The van der Waals surface area contributed by atoms with Crippen LogP contribution in [0.5, 0.6) is 0 Å². The van der Waals surface area contributed by atoms with Crippen LogP contribution in [-0.2, 0) is 13.0 Å². The van der Waals surface area contributed by atoms with Crippen molar-refractivity contribution in [1.29, 1.82) is 0 Å². The molecule has 0 aliphatic heterocycles. The van der Waals surface area contributed by atoms with E-state index in [1.807, 2.05) is 16.4 Å². The predicted molar refractivity (Wildman–Crippen MR) is 70.9 cm³/mol. The molecular weight excluding hydrogens is 218 g/mol. The molecule has 0 spiro atoms. The van der Waals surface area contributed by atoms with E-state index in [1.54, 1.807) is 0 Å². The van der Waals surface area contributed by atoms with E-state index < -0.39 is 0 Å². The fraction of sp³-hybridized carbons (Fsp3) is 0.833. The lowest BCUT2D eigenvalue weighted by Crippen LogP contribution is -2.00. The summed E-state index contributed by atoms with van der Waals surface area (Å²) < 4.78 is 1.96. The Labute approximate surface area is 103 Å². The van der Waals surface area contributed by atoms with E-state index in [9.17, 15) is 0 Å². The maximum absolute atomic E-state index is 4.19. The van der Waals surface area contributed by atoms with Gasteiger partial charge in [0, 0.05) is 11.9 Å². The second-order valence-corrected chi connectivity index (χ2v) is 5.12. The zero-order chi connectivity index (χ0) is 11.6. The Balaban J connectivity index is 2.14. The molecule has 0 saturated heterocycles. The van der Waals surface area contributed by atoms with Gasteiger partial charge in [-0.25, -0.2) is 0 Å². The number of thioether (sulfide) groups is 1. The van der Waals surface area contributed by atoms with Crippen LogP contribution < -0.4 is 0 Å². The van der Waals surface area contributed by atoms with Crippen molar-refractivity contribution in [3.63, 3.8) is 0 Å². The highest BCUT2D eigenvalue weighted by molar-refractivity contribution is 7.98. The maximum atomic E-state index is 4.19. The third-order valence-corrected chi connectivity index (χ3v) is 3.24. The van der Waals surface area contributed by atoms with Crippen LogP contribution in [0.4, 0.5) is 0 Å². The van der Waals surface area contributed by atoms with Gasteiger partial charge in [0.1, 0.15) is 0 Å². The molecule has 0 unspecified atom stereocenters. The van der Waals surface area contributed by atoms with E-state index in [0.29, 0.717) is 0 Å². The highest BCUT2D eigenvalue weighted by Crippen LogP contribution is 2.06. The van der Waals surface area contributed by atoms with Crippen molar-refractivity contribution in [2.24, 2.45) is 0 Å². The standard InChI is InChI=1S/C12H23N3S/c1-3-4-5-6-7-8-12-11-15(14-13-12)9-10-16-2/h11H,3-10H2,1-2H3. The first kappa shape index (κ1) is 13.6. The molecule has 0 amide bonds. The Morgan fingerprint density at radius 2 is 2.06 bits per heavy atom. The van der Waals surface area contributed by atoms with Gasteiger partial charge in [0.05, 0.1) is 12.2 Å². The topological polar surface area (TPSA) is 30.7 Å². The number of nitrogens with zero attached hydrogens (tertiary/aromatic N) is 3. The van der Waals surface area contributed by atoms with E-state index in [-0.39, 0.29) is 0 Å². The Morgan fingerprint density at radius 3 is 2.81 bits per heavy atom.